The average molecular weight is 344 g/mol. The maximum Gasteiger partial charge on any atom is 0.341 e. The molecule has 0 N–H and O–H groups in total. The van der Waals surface area contributed by atoms with Crippen molar-refractivity contribution in [1.29, 1.82) is 0 Å². The number of carbonyl (C=O) groups is 2. The van der Waals surface area contributed by atoms with Crippen LogP contribution in [0.4, 0.5) is 0 Å². The molecule has 130 valence electrons. The third kappa shape index (κ3) is 3.50. The van der Waals surface area contributed by atoms with E-state index in [9.17, 15) is 9.59 Å². The molecule has 7 heteroatoms. The molecule has 0 bridgehead atoms. The zero-order chi connectivity index (χ0) is 17.8. The number of hydrogen-bond acceptors (Lipinski definition) is 7. The number of fused-ring (bicyclic) bond motifs is 1. The summed E-state index contributed by atoms with van der Waals surface area (Å²) in [6.07, 6.45) is 2.89. The quantitative estimate of drug-likeness (QED) is 0.635. The molecule has 0 radical (unpaired) electrons. The summed E-state index contributed by atoms with van der Waals surface area (Å²) in [4.78, 5) is 23.6. The van der Waals surface area contributed by atoms with Gasteiger partial charge in [0.05, 0.1) is 33.2 Å². The Balaban J connectivity index is 1.65. The van der Waals surface area contributed by atoms with Gasteiger partial charge in [0.2, 0.25) is 0 Å². The summed E-state index contributed by atoms with van der Waals surface area (Å²) in [5.74, 6) is -0.105. The Kier molecular flexibility index (Phi) is 4.74. The van der Waals surface area contributed by atoms with Gasteiger partial charge in [-0.05, 0) is 18.2 Å². The monoisotopic (exact) mass is 344 g/mol. The lowest BCUT2D eigenvalue weighted by molar-refractivity contribution is -0.144. The maximum atomic E-state index is 12.1. The molecule has 0 amide bonds. The number of benzene rings is 1. The summed E-state index contributed by atoms with van der Waals surface area (Å²) in [5.41, 5.74) is 1.56. The van der Waals surface area contributed by atoms with E-state index in [1.165, 1.54) is 25.7 Å². The van der Waals surface area contributed by atoms with Gasteiger partial charge in [-0.2, -0.15) is 0 Å². The number of carbonyl (C=O) groups excluding carboxylic acids is 2. The van der Waals surface area contributed by atoms with Crippen LogP contribution in [-0.2, 0) is 27.3 Å². The Morgan fingerprint density at radius 1 is 1.12 bits per heavy atom. The molecule has 0 saturated heterocycles. The zero-order valence-corrected chi connectivity index (χ0v) is 13.7. The first-order valence-electron chi connectivity index (χ1n) is 7.46. The summed E-state index contributed by atoms with van der Waals surface area (Å²) < 4.78 is 25.5. The van der Waals surface area contributed by atoms with Crippen molar-refractivity contribution in [2.45, 2.75) is 13.0 Å². The number of ether oxygens (including phenoxy) is 3. The van der Waals surface area contributed by atoms with Crippen molar-refractivity contribution in [3.63, 3.8) is 0 Å². The van der Waals surface area contributed by atoms with Crippen LogP contribution < -0.4 is 4.74 Å². The van der Waals surface area contributed by atoms with Crippen molar-refractivity contribution in [3.05, 3.63) is 53.7 Å². The van der Waals surface area contributed by atoms with Crippen LogP contribution in [0.2, 0.25) is 0 Å². The van der Waals surface area contributed by atoms with E-state index in [1.54, 1.807) is 19.2 Å². The molecule has 0 aliphatic carbocycles. The lowest BCUT2D eigenvalue weighted by Gasteiger charge is -2.04. The van der Waals surface area contributed by atoms with Gasteiger partial charge in [0.1, 0.15) is 23.5 Å². The molecule has 1 aromatic carbocycles. The topological polar surface area (TPSA) is 88.1 Å². The summed E-state index contributed by atoms with van der Waals surface area (Å²) in [6, 6.07) is 6.82. The minimum atomic E-state index is -0.547. The third-order valence-electron chi connectivity index (χ3n) is 3.71. The molecule has 0 saturated carbocycles. The Bertz CT molecular complexity index is 903. The molecule has 2 heterocycles. The van der Waals surface area contributed by atoms with Crippen molar-refractivity contribution < 1.29 is 32.6 Å². The number of rotatable bonds is 6. The number of methoxy groups -OCH3 is 2. The Morgan fingerprint density at radius 3 is 2.72 bits per heavy atom. The van der Waals surface area contributed by atoms with Crippen LogP contribution in [0, 0.1) is 0 Å². The van der Waals surface area contributed by atoms with E-state index in [0.29, 0.717) is 16.9 Å². The molecule has 7 nitrogen and oxygen atoms in total. The Labute approximate surface area is 143 Å². The van der Waals surface area contributed by atoms with Crippen molar-refractivity contribution >= 4 is 22.9 Å². The second-order valence-electron chi connectivity index (χ2n) is 5.21. The molecular weight excluding hydrogens is 328 g/mol. The van der Waals surface area contributed by atoms with Gasteiger partial charge >= 0.3 is 11.9 Å². The lowest BCUT2D eigenvalue weighted by Crippen LogP contribution is -2.10. The van der Waals surface area contributed by atoms with Crippen LogP contribution in [0.15, 0.2) is 45.6 Å². The molecule has 0 atom stereocenters. The first-order valence-corrected chi connectivity index (χ1v) is 7.46. The fourth-order valence-electron chi connectivity index (χ4n) is 2.42. The van der Waals surface area contributed by atoms with Gasteiger partial charge in [0.15, 0.2) is 5.76 Å². The Morgan fingerprint density at radius 2 is 1.96 bits per heavy atom. The Hall–Kier alpha value is -3.22. The largest absolute Gasteiger partial charge is 0.497 e. The summed E-state index contributed by atoms with van der Waals surface area (Å²) in [7, 11) is 2.84. The maximum absolute atomic E-state index is 12.1. The molecule has 3 rings (SSSR count). The highest BCUT2D eigenvalue weighted by atomic mass is 16.5. The lowest BCUT2D eigenvalue weighted by atomic mass is 10.1. The van der Waals surface area contributed by atoms with E-state index in [1.807, 2.05) is 6.07 Å². The SMILES string of the molecule is COC(=O)c1ccoc1COC(=O)Cc1coc2cc(OC)ccc12. The highest BCUT2D eigenvalue weighted by Crippen LogP contribution is 2.26. The first kappa shape index (κ1) is 16.6. The van der Waals surface area contributed by atoms with Crippen LogP contribution in [0.25, 0.3) is 11.0 Å². The van der Waals surface area contributed by atoms with Crippen LogP contribution in [0.1, 0.15) is 21.7 Å². The van der Waals surface area contributed by atoms with Gasteiger partial charge in [-0.25, -0.2) is 4.79 Å². The van der Waals surface area contributed by atoms with E-state index in [2.05, 4.69) is 4.74 Å². The first-order chi connectivity index (χ1) is 12.1. The highest BCUT2D eigenvalue weighted by Gasteiger charge is 2.18. The second-order valence-corrected chi connectivity index (χ2v) is 5.21. The molecule has 0 spiro atoms. The van der Waals surface area contributed by atoms with Gasteiger partial charge in [0, 0.05) is 17.0 Å². The molecular formula is C18H16O7. The van der Waals surface area contributed by atoms with Crippen LogP contribution >= 0.6 is 0 Å². The van der Waals surface area contributed by atoms with E-state index < -0.39 is 11.9 Å². The van der Waals surface area contributed by atoms with Crippen molar-refractivity contribution in [2.75, 3.05) is 14.2 Å². The molecule has 0 unspecified atom stereocenters. The third-order valence-corrected chi connectivity index (χ3v) is 3.71. The van der Waals surface area contributed by atoms with E-state index >= 15 is 0 Å². The highest BCUT2D eigenvalue weighted by molar-refractivity contribution is 5.90. The standard InChI is InChI=1S/C18H16O7/c1-21-12-3-4-13-11(9-24-15(13)8-12)7-17(19)25-10-16-14(5-6-23-16)18(20)22-2/h3-6,8-9H,7,10H2,1-2H3. The van der Waals surface area contributed by atoms with Crippen molar-refractivity contribution in [2.24, 2.45) is 0 Å². The fourth-order valence-corrected chi connectivity index (χ4v) is 2.42. The van der Waals surface area contributed by atoms with Crippen molar-refractivity contribution in [3.8, 4) is 5.75 Å². The summed E-state index contributed by atoms with van der Waals surface area (Å²) in [6.45, 7) is -0.153. The summed E-state index contributed by atoms with van der Waals surface area (Å²) >= 11 is 0. The van der Waals surface area contributed by atoms with Gasteiger partial charge in [-0.1, -0.05) is 0 Å². The van der Waals surface area contributed by atoms with Gasteiger partial charge in [-0.15, -0.1) is 0 Å². The molecule has 3 aromatic rings. The number of hydrogen-bond donors (Lipinski definition) is 0. The minimum absolute atomic E-state index is 0.0353. The number of esters is 2. The smallest absolute Gasteiger partial charge is 0.341 e. The number of furan rings is 2. The van der Waals surface area contributed by atoms with E-state index in [-0.39, 0.29) is 24.4 Å². The van der Waals surface area contributed by atoms with Crippen LogP contribution in [0.3, 0.4) is 0 Å². The molecule has 0 aliphatic heterocycles. The fraction of sp³-hybridized carbons (Fsp3) is 0.222. The molecule has 0 aliphatic rings. The second kappa shape index (κ2) is 7.12. The van der Waals surface area contributed by atoms with Gasteiger partial charge < -0.3 is 23.0 Å². The molecule has 2 aromatic heterocycles. The van der Waals surface area contributed by atoms with Crippen LogP contribution in [-0.4, -0.2) is 26.2 Å². The van der Waals surface area contributed by atoms with Crippen molar-refractivity contribution in [1.82, 2.24) is 0 Å². The molecule has 25 heavy (non-hydrogen) atoms. The summed E-state index contributed by atoms with van der Waals surface area (Å²) in [5, 5.41) is 0.811. The zero-order valence-electron chi connectivity index (χ0n) is 13.7. The normalized spacial score (nSPS) is 10.6. The predicted molar refractivity (Wildman–Crippen MR) is 86.3 cm³/mol. The minimum Gasteiger partial charge on any atom is -0.497 e. The molecule has 0 fully saturated rings. The van der Waals surface area contributed by atoms with E-state index in [0.717, 1.165) is 5.39 Å². The van der Waals surface area contributed by atoms with E-state index in [4.69, 9.17) is 18.3 Å². The van der Waals surface area contributed by atoms with Gasteiger partial charge in [-0.3, -0.25) is 4.79 Å². The van der Waals surface area contributed by atoms with Crippen LogP contribution in [0.5, 0.6) is 5.75 Å². The predicted octanol–water partition coefficient (Wildman–Crippen LogP) is 3.11. The van der Waals surface area contributed by atoms with Gasteiger partial charge in [0.25, 0.3) is 0 Å². The average Bonchev–Trinajstić information content (AvgIpc) is 3.26.